The van der Waals surface area contributed by atoms with Gasteiger partial charge in [-0.3, -0.25) is 9.97 Å². The molecule has 6 nitrogen and oxygen atoms in total. The molecule has 0 spiro atoms. The lowest BCUT2D eigenvalue weighted by Crippen LogP contribution is -2.24. The molecule has 0 aliphatic rings. The molecule has 8 rings (SSSR count). The fourth-order valence-corrected chi connectivity index (χ4v) is 5.53. The number of pyridine rings is 3. The Morgan fingerprint density at radius 2 is 1.00 bits per heavy atom. The second kappa shape index (κ2) is 8.53. The van der Waals surface area contributed by atoms with Gasteiger partial charge in [0, 0.05) is 18.1 Å². The smallest absolute Gasteiger partial charge is 0.117 e. The molecule has 6 heteroatoms. The topological polar surface area (TPSA) is 51.8 Å². The first kappa shape index (κ1) is 21.6. The molecule has 5 aromatic heterocycles. The van der Waals surface area contributed by atoms with E-state index in [9.17, 15) is 0 Å². The van der Waals surface area contributed by atoms with Crippen LogP contribution in [0.2, 0.25) is 0 Å². The molecule has 5 heterocycles. The largest absolute Gasteiger partial charge is 0.306 e. The van der Waals surface area contributed by atoms with E-state index in [1.54, 1.807) is 0 Å². The molecule has 0 fully saturated rings. The molecule has 8 aromatic rings. The fourth-order valence-electron chi connectivity index (χ4n) is 5.53. The summed E-state index contributed by atoms with van der Waals surface area (Å²) in [5.74, 6) is 0. The van der Waals surface area contributed by atoms with Gasteiger partial charge in [0.25, 0.3) is 0 Å². The number of hydrogen-bond acceptors (Lipinski definition) is 4. The zero-order valence-corrected chi connectivity index (χ0v) is 20.9. The summed E-state index contributed by atoms with van der Waals surface area (Å²) >= 11 is 0. The summed E-state index contributed by atoms with van der Waals surface area (Å²) in [5.41, 5.74) is 10.5. The molecule has 0 aliphatic heterocycles. The second-order valence-corrected chi connectivity index (χ2v) is 9.43. The number of para-hydroxylation sites is 3. The van der Waals surface area contributed by atoms with Crippen LogP contribution < -0.4 is 5.01 Å². The van der Waals surface area contributed by atoms with E-state index in [2.05, 4.69) is 105 Å². The van der Waals surface area contributed by atoms with Crippen LogP contribution in [0, 0.1) is 0 Å². The molecule has 184 valence electrons. The Labute approximate surface area is 224 Å². The zero-order chi connectivity index (χ0) is 25.8. The number of aromatic nitrogens is 5. The van der Waals surface area contributed by atoms with Crippen molar-refractivity contribution in [2.45, 2.75) is 0 Å². The van der Waals surface area contributed by atoms with E-state index in [1.165, 1.54) is 0 Å². The minimum atomic E-state index is 0.840. The molecule has 0 N–H and O–H groups in total. The molecule has 0 aliphatic carbocycles. The van der Waals surface area contributed by atoms with E-state index < -0.39 is 0 Å². The van der Waals surface area contributed by atoms with Crippen LogP contribution in [0.4, 0.5) is 11.4 Å². The van der Waals surface area contributed by atoms with Gasteiger partial charge in [0.1, 0.15) is 22.1 Å². The normalized spacial score (nSPS) is 11.6. The zero-order valence-electron chi connectivity index (χ0n) is 20.9. The maximum absolute atomic E-state index is 5.28. The predicted octanol–water partition coefficient (Wildman–Crippen LogP) is 7.68. The van der Waals surface area contributed by atoms with Crippen LogP contribution in [-0.4, -0.2) is 24.2 Å². The minimum Gasteiger partial charge on any atom is -0.306 e. The van der Waals surface area contributed by atoms with Crippen LogP contribution in [0.3, 0.4) is 0 Å². The number of hydrogen-bond donors (Lipinski definition) is 0. The third-order valence-corrected chi connectivity index (χ3v) is 7.16. The van der Waals surface area contributed by atoms with Gasteiger partial charge in [0.05, 0.1) is 33.4 Å². The van der Waals surface area contributed by atoms with Crippen molar-refractivity contribution < 1.29 is 0 Å². The molecule has 0 bridgehead atoms. The maximum Gasteiger partial charge on any atom is 0.117 e. The molecule has 0 saturated carbocycles. The summed E-state index contributed by atoms with van der Waals surface area (Å²) in [6.07, 6.45) is 3.66. The Bertz CT molecular complexity index is 2070. The molecule has 39 heavy (non-hydrogen) atoms. The highest BCUT2D eigenvalue weighted by molar-refractivity contribution is 6.13. The van der Waals surface area contributed by atoms with Crippen LogP contribution in [0.5, 0.6) is 0 Å². The molecule has 0 atom stereocenters. The van der Waals surface area contributed by atoms with Gasteiger partial charge in [-0.2, -0.15) is 0 Å². The minimum absolute atomic E-state index is 0.840. The Morgan fingerprint density at radius 1 is 0.462 bits per heavy atom. The number of anilines is 2. The second-order valence-electron chi connectivity index (χ2n) is 9.43. The van der Waals surface area contributed by atoms with Gasteiger partial charge in [0.15, 0.2) is 0 Å². The molecule has 0 amide bonds. The van der Waals surface area contributed by atoms with Crippen LogP contribution in [-0.2, 0) is 0 Å². The van der Waals surface area contributed by atoms with Gasteiger partial charge in [0.2, 0.25) is 0 Å². The average molecular weight is 503 g/mol. The van der Waals surface area contributed by atoms with Crippen molar-refractivity contribution in [2.24, 2.45) is 0 Å². The van der Waals surface area contributed by atoms with E-state index in [-0.39, 0.29) is 0 Å². The van der Waals surface area contributed by atoms with Crippen LogP contribution >= 0.6 is 0 Å². The first-order chi connectivity index (χ1) is 19.4. The molecule has 3 aromatic carbocycles. The monoisotopic (exact) mass is 502 g/mol. The highest BCUT2D eigenvalue weighted by Crippen LogP contribution is 2.38. The van der Waals surface area contributed by atoms with Crippen molar-refractivity contribution in [1.29, 1.82) is 0 Å². The Balaban J connectivity index is 1.55. The molecule has 0 saturated heterocycles. The first-order valence-electron chi connectivity index (χ1n) is 12.9. The lowest BCUT2D eigenvalue weighted by atomic mass is 10.2. The highest BCUT2D eigenvalue weighted by atomic mass is 15.6. The summed E-state index contributed by atoms with van der Waals surface area (Å²) in [5, 5.41) is 2.23. The fraction of sp³-hybridized carbons (Fsp3) is 0. The summed E-state index contributed by atoms with van der Waals surface area (Å²) in [4.78, 5) is 14.9. The van der Waals surface area contributed by atoms with Crippen LogP contribution in [0.1, 0.15) is 0 Å². The van der Waals surface area contributed by atoms with Gasteiger partial charge in [-0.15, -0.1) is 0 Å². The number of benzene rings is 3. The maximum atomic E-state index is 5.28. The molecule has 0 unspecified atom stereocenters. The number of nitrogens with zero attached hydrogens (tertiary/aromatic N) is 6. The summed E-state index contributed by atoms with van der Waals surface area (Å²) in [6.45, 7) is 0. The molecule has 0 radical (unpaired) electrons. The van der Waals surface area contributed by atoms with Crippen LogP contribution in [0.25, 0.3) is 49.8 Å². The highest BCUT2D eigenvalue weighted by Gasteiger charge is 2.23. The van der Waals surface area contributed by atoms with E-state index in [0.717, 1.165) is 61.2 Å². The Hall–Kier alpha value is -5.49. The van der Waals surface area contributed by atoms with Gasteiger partial charge >= 0.3 is 0 Å². The summed E-state index contributed by atoms with van der Waals surface area (Å²) in [6, 6.07) is 41.6. The van der Waals surface area contributed by atoms with Crippen molar-refractivity contribution in [3.8, 4) is 5.69 Å². The van der Waals surface area contributed by atoms with Crippen molar-refractivity contribution in [1.82, 2.24) is 24.2 Å². The predicted molar refractivity (Wildman–Crippen MR) is 158 cm³/mol. The first-order valence-corrected chi connectivity index (χ1v) is 12.9. The van der Waals surface area contributed by atoms with Gasteiger partial charge in [-0.25, -0.2) is 14.7 Å². The quantitative estimate of drug-likeness (QED) is 0.248. The van der Waals surface area contributed by atoms with Crippen molar-refractivity contribution in [3.63, 3.8) is 0 Å². The third-order valence-electron chi connectivity index (χ3n) is 7.16. The number of fused-ring (bicyclic) bond motifs is 6. The van der Waals surface area contributed by atoms with Crippen LogP contribution in [0.15, 0.2) is 134 Å². The van der Waals surface area contributed by atoms with Gasteiger partial charge < -0.3 is 4.57 Å². The van der Waals surface area contributed by atoms with E-state index >= 15 is 0 Å². The average Bonchev–Trinajstić information content (AvgIpc) is 3.50. The molecular formula is C33H22N6. The summed E-state index contributed by atoms with van der Waals surface area (Å²) in [7, 11) is 0. The number of rotatable bonds is 4. The Morgan fingerprint density at radius 3 is 1.64 bits per heavy atom. The van der Waals surface area contributed by atoms with Crippen molar-refractivity contribution in [3.05, 3.63) is 134 Å². The third kappa shape index (κ3) is 3.25. The lowest BCUT2D eigenvalue weighted by molar-refractivity contribution is 0.885. The van der Waals surface area contributed by atoms with E-state index in [4.69, 9.17) is 15.0 Å². The molecular weight excluding hydrogens is 480 g/mol. The lowest BCUT2D eigenvalue weighted by Gasteiger charge is -2.28. The van der Waals surface area contributed by atoms with Gasteiger partial charge in [-0.1, -0.05) is 54.6 Å². The van der Waals surface area contributed by atoms with Crippen molar-refractivity contribution >= 4 is 55.5 Å². The summed E-state index contributed by atoms with van der Waals surface area (Å²) < 4.78 is 4.48. The van der Waals surface area contributed by atoms with E-state index in [0.29, 0.717) is 0 Å². The van der Waals surface area contributed by atoms with Gasteiger partial charge in [-0.05, 0) is 66.7 Å². The van der Waals surface area contributed by atoms with E-state index in [1.807, 2.05) is 42.7 Å². The SMILES string of the molecule is c1ccc(N(c2ccccc2)n2c3cccnc3c3nc4c5ncccc5n(-c5ccccc5)c4cc32)cc1. The standard InChI is InChI=1S/C33H22N6/c1-4-12-23(13-5-1)37-26-18-10-20-34-30(26)32-28(37)22-29-33(36-32)31-27(19-11-21-35-31)39(29)38(24-14-6-2-7-15-24)25-16-8-3-9-17-25/h1-22H. The van der Waals surface area contributed by atoms with Crippen molar-refractivity contribution in [2.75, 3.05) is 5.01 Å². The Kier molecular flexibility index (Phi) is 4.72.